The molecule has 22 heavy (non-hydrogen) atoms. The number of carbonyl (C=O) groups excluding carboxylic acids is 2. The Morgan fingerprint density at radius 3 is 2.59 bits per heavy atom. The average Bonchev–Trinajstić information content (AvgIpc) is 2.48. The van der Waals surface area contributed by atoms with Gasteiger partial charge in [-0.15, -0.1) is 0 Å². The molecule has 3 amide bonds. The van der Waals surface area contributed by atoms with E-state index in [1.165, 1.54) is 0 Å². The van der Waals surface area contributed by atoms with E-state index in [9.17, 15) is 9.59 Å². The maximum Gasteiger partial charge on any atom is 0.319 e. The van der Waals surface area contributed by atoms with Crippen molar-refractivity contribution in [2.45, 2.75) is 39.0 Å². The Balaban J connectivity index is 2.08. The third-order valence-corrected chi connectivity index (χ3v) is 3.29. The third kappa shape index (κ3) is 8.52. The van der Waals surface area contributed by atoms with Crippen molar-refractivity contribution >= 4 is 29.2 Å². The first-order valence-electron chi connectivity index (χ1n) is 7.69. The molecule has 0 bridgehead atoms. The van der Waals surface area contributed by atoms with Crippen LogP contribution in [0.5, 0.6) is 0 Å². The van der Waals surface area contributed by atoms with Crippen LogP contribution in [-0.4, -0.2) is 25.0 Å². The standard InChI is InChI=1S/C16H24ClN3O2/c1-2-3-4-10-18-15(21)9-6-11-19-16(22)20-14-8-5-7-13(17)12-14/h5,7-8,12H,2-4,6,9-11H2,1H3,(H,18,21)(H2,19,20,22). The molecule has 1 rings (SSSR count). The fourth-order valence-electron chi connectivity index (χ4n) is 1.88. The van der Waals surface area contributed by atoms with E-state index >= 15 is 0 Å². The van der Waals surface area contributed by atoms with Gasteiger partial charge in [-0.05, 0) is 31.0 Å². The molecule has 1 aromatic carbocycles. The summed E-state index contributed by atoms with van der Waals surface area (Å²) in [7, 11) is 0. The topological polar surface area (TPSA) is 70.2 Å². The molecule has 3 N–H and O–H groups in total. The lowest BCUT2D eigenvalue weighted by Crippen LogP contribution is -2.31. The van der Waals surface area contributed by atoms with Gasteiger partial charge in [-0.1, -0.05) is 37.4 Å². The van der Waals surface area contributed by atoms with Crippen LogP contribution >= 0.6 is 11.6 Å². The van der Waals surface area contributed by atoms with Crippen molar-refractivity contribution in [3.05, 3.63) is 29.3 Å². The zero-order chi connectivity index (χ0) is 16.2. The zero-order valence-corrected chi connectivity index (χ0v) is 13.7. The van der Waals surface area contributed by atoms with E-state index in [4.69, 9.17) is 11.6 Å². The number of urea groups is 1. The van der Waals surface area contributed by atoms with Gasteiger partial charge in [-0.3, -0.25) is 4.79 Å². The normalized spacial score (nSPS) is 10.1. The van der Waals surface area contributed by atoms with Crippen LogP contribution in [0.2, 0.25) is 5.02 Å². The molecule has 0 atom stereocenters. The summed E-state index contributed by atoms with van der Waals surface area (Å²) in [5, 5.41) is 8.83. The molecule has 122 valence electrons. The second-order valence-electron chi connectivity index (χ2n) is 5.05. The molecule has 0 saturated carbocycles. The van der Waals surface area contributed by atoms with Gasteiger partial charge < -0.3 is 16.0 Å². The first kappa shape index (κ1) is 18.3. The minimum Gasteiger partial charge on any atom is -0.356 e. The average molecular weight is 326 g/mol. The minimum atomic E-state index is -0.300. The molecule has 0 fully saturated rings. The fourth-order valence-corrected chi connectivity index (χ4v) is 2.07. The molecular weight excluding hydrogens is 302 g/mol. The number of anilines is 1. The number of benzene rings is 1. The summed E-state index contributed by atoms with van der Waals surface area (Å²) in [6.07, 6.45) is 4.32. The third-order valence-electron chi connectivity index (χ3n) is 3.05. The predicted octanol–water partition coefficient (Wildman–Crippen LogP) is 3.55. The zero-order valence-electron chi connectivity index (χ0n) is 13.0. The van der Waals surface area contributed by atoms with Gasteiger partial charge in [0.15, 0.2) is 0 Å². The summed E-state index contributed by atoms with van der Waals surface area (Å²) in [6.45, 7) is 3.31. The minimum absolute atomic E-state index is 0.0353. The summed E-state index contributed by atoms with van der Waals surface area (Å²) >= 11 is 5.84. The highest BCUT2D eigenvalue weighted by Crippen LogP contribution is 2.14. The number of halogens is 1. The Kier molecular flexibility index (Phi) is 9.07. The van der Waals surface area contributed by atoms with E-state index in [1.54, 1.807) is 24.3 Å². The molecule has 0 aliphatic carbocycles. The molecule has 0 heterocycles. The Labute approximate surface area is 136 Å². The van der Waals surface area contributed by atoms with Crippen LogP contribution in [0.3, 0.4) is 0 Å². The lowest BCUT2D eigenvalue weighted by molar-refractivity contribution is -0.121. The molecule has 6 heteroatoms. The van der Waals surface area contributed by atoms with Crippen molar-refractivity contribution < 1.29 is 9.59 Å². The van der Waals surface area contributed by atoms with Crippen molar-refractivity contribution in [3.8, 4) is 0 Å². The van der Waals surface area contributed by atoms with Gasteiger partial charge in [0.05, 0.1) is 0 Å². The quantitative estimate of drug-likeness (QED) is 0.608. The van der Waals surface area contributed by atoms with E-state index in [1.807, 2.05) is 0 Å². The van der Waals surface area contributed by atoms with Gasteiger partial charge in [-0.25, -0.2) is 4.79 Å². The van der Waals surface area contributed by atoms with Crippen LogP contribution in [0, 0.1) is 0 Å². The molecule has 0 unspecified atom stereocenters. The van der Waals surface area contributed by atoms with Crippen LogP contribution in [0.15, 0.2) is 24.3 Å². The van der Waals surface area contributed by atoms with E-state index in [0.717, 1.165) is 25.8 Å². The Hall–Kier alpha value is -1.75. The summed E-state index contributed by atoms with van der Waals surface area (Å²) < 4.78 is 0. The molecular formula is C16H24ClN3O2. The van der Waals surface area contributed by atoms with Gasteiger partial charge in [0.25, 0.3) is 0 Å². The van der Waals surface area contributed by atoms with Crippen molar-refractivity contribution in [2.75, 3.05) is 18.4 Å². The first-order valence-corrected chi connectivity index (χ1v) is 8.06. The number of unbranched alkanes of at least 4 members (excludes halogenated alkanes) is 2. The summed E-state index contributed by atoms with van der Waals surface area (Å²) in [5.74, 6) is 0.0353. The fraction of sp³-hybridized carbons (Fsp3) is 0.500. The highest BCUT2D eigenvalue weighted by molar-refractivity contribution is 6.30. The number of hydrogen-bond acceptors (Lipinski definition) is 2. The first-order chi connectivity index (χ1) is 10.6. The van der Waals surface area contributed by atoms with E-state index in [-0.39, 0.29) is 11.9 Å². The molecule has 0 aliphatic rings. The number of hydrogen-bond donors (Lipinski definition) is 3. The summed E-state index contributed by atoms with van der Waals surface area (Å²) in [5.41, 5.74) is 0.638. The Morgan fingerprint density at radius 1 is 1.09 bits per heavy atom. The van der Waals surface area contributed by atoms with Crippen molar-refractivity contribution in [3.63, 3.8) is 0 Å². The second-order valence-corrected chi connectivity index (χ2v) is 5.49. The second kappa shape index (κ2) is 10.9. The van der Waals surface area contributed by atoms with Crippen LogP contribution in [-0.2, 0) is 4.79 Å². The van der Waals surface area contributed by atoms with Gasteiger partial charge in [0, 0.05) is 30.2 Å². The molecule has 1 aromatic rings. The van der Waals surface area contributed by atoms with Gasteiger partial charge >= 0.3 is 6.03 Å². The van der Waals surface area contributed by atoms with E-state index in [2.05, 4.69) is 22.9 Å². The maximum absolute atomic E-state index is 11.6. The number of carbonyl (C=O) groups is 2. The maximum atomic E-state index is 11.6. The Bertz CT molecular complexity index is 480. The lowest BCUT2D eigenvalue weighted by Gasteiger charge is -2.08. The van der Waals surface area contributed by atoms with E-state index < -0.39 is 0 Å². The number of rotatable bonds is 9. The van der Waals surface area contributed by atoms with Crippen molar-refractivity contribution in [1.82, 2.24) is 10.6 Å². The van der Waals surface area contributed by atoms with Crippen LogP contribution in [0.4, 0.5) is 10.5 Å². The van der Waals surface area contributed by atoms with Gasteiger partial charge in [-0.2, -0.15) is 0 Å². The lowest BCUT2D eigenvalue weighted by atomic mass is 10.2. The molecule has 0 aromatic heterocycles. The highest BCUT2D eigenvalue weighted by Gasteiger charge is 2.03. The monoisotopic (exact) mass is 325 g/mol. The predicted molar refractivity (Wildman–Crippen MR) is 90.2 cm³/mol. The largest absolute Gasteiger partial charge is 0.356 e. The van der Waals surface area contributed by atoms with Crippen LogP contribution in [0.25, 0.3) is 0 Å². The van der Waals surface area contributed by atoms with Crippen molar-refractivity contribution in [2.24, 2.45) is 0 Å². The van der Waals surface area contributed by atoms with Crippen LogP contribution in [0.1, 0.15) is 39.0 Å². The highest BCUT2D eigenvalue weighted by atomic mass is 35.5. The molecule has 0 saturated heterocycles. The Morgan fingerprint density at radius 2 is 1.86 bits per heavy atom. The molecule has 0 radical (unpaired) electrons. The molecule has 5 nitrogen and oxygen atoms in total. The molecule has 0 aliphatic heterocycles. The number of nitrogens with one attached hydrogen (secondary N) is 3. The molecule has 0 spiro atoms. The number of amides is 3. The summed E-state index contributed by atoms with van der Waals surface area (Å²) in [6, 6.07) is 6.63. The summed E-state index contributed by atoms with van der Waals surface area (Å²) in [4.78, 5) is 23.2. The van der Waals surface area contributed by atoms with Crippen molar-refractivity contribution in [1.29, 1.82) is 0 Å². The van der Waals surface area contributed by atoms with E-state index in [0.29, 0.717) is 30.1 Å². The smallest absolute Gasteiger partial charge is 0.319 e. The van der Waals surface area contributed by atoms with Gasteiger partial charge in [0.2, 0.25) is 5.91 Å². The van der Waals surface area contributed by atoms with Crippen LogP contribution < -0.4 is 16.0 Å². The van der Waals surface area contributed by atoms with Gasteiger partial charge in [0.1, 0.15) is 0 Å². The SMILES string of the molecule is CCCCCNC(=O)CCCNC(=O)Nc1cccc(Cl)c1.